The molecule has 29 heavy (non-hydrogen) atoms. The second-order valence-corrected chi connectivity index (χ2v) is 6.08. The van der Waals surface area contributed by atoms with Crippen LogP contribution < -0.4 is 4.90 Å². The van der Waals surface area contributed by atoms with Crippen LogP contribution in [0, 0.1) is 11.6 Å². The van der Waals surface area contributed by atoms with Crippen LogP contribution in [0.25, 0.3) is 11.4 Å². The van der Waals surface area contributed by atoms with E-state index in [9.17, 15) is 26.7 Å². The third-order valence-electron chi connectivity index (χ3n) is 4.26. The fourth-order valence-electron chi connectivity index (χ4n) is 2.95. The number of halogens is 5. The fraction of sp³-hybridized carbons (Fsp3) is 0.167. The van der Waals surface area contributed by atoms with Gasteiger partial charge in [-0.05, 0) is 11.6 Å². The molecule has 1 amide bonds. The molecule has 0 bridgehead atoms. The Bertz CT molecular complexity index is 1070. The first-order valence-electron chi connectivity index (χ1n) is 8.17. The van der Waals surface area contributed by atoms with Crippen LogP contribution >= 0.6 is 0 Å². The highest BCUT2D eigenvalue weighted by atomic mass is 19.4. The highest BCUT2D eigenvalue weighted by Crippen LogP contribution is 2.37. The van der Waals surface area contributed by atoms with E-state index in [-0.39, 0.29) is 6.61 Å². The Labute approximate surface area is 159 Å². The first-order valence-corrected chi connectivity index (χ1v) is 8.17. The van der Waals surface area contributed by atoms with Gasteiger partial charge in [0.2, 0.25) is 5.82 Å². The summed E-state index contributed by atoms with van der Waals surface area (Å²) in [4.78, 5) is 16.1. The summed E-state index contributed by atoms with van der Waals surface area (Å²) in [5, 5.41) is 3.04. The number of hydrogen-bond acceptors (Lipinski definition) is 5. The van der Waals surface area contributed by atoms with Crippen molar-refractivity contribution in [1.82, 2.24) is 10.1 Å². The van der Waals surface area contributed by atoms with Crippen molar-refractivity contribution >= 4 is 11.8 Å². The number of hydrogen-bond donors (Lipinski definition) is 0. The van der Waals surface area contributed by atoms with Crippen LogP contribution in [0.1, 0.15) is 17.5 Å². The molecule has 1 aliphatic rings. The highest BCUT2D eigenvalue weighted by Gasteiger charge is 2.40. The zero-order valence-electron chi connectivity index (χ0n) is 14.3. The number of amides is 1. The standard InChI is InChI=1S/C18H10F5N3O3/c19-11-7-13(26-14(8-28-17(26)27)9-4-2-1-3-5-9)12(20)6-10(11)15-24-16(29-25-15)18(21,22)23/h1-7,14H,8H2. The number of alkyl halides is 3. The molecule has 1 atom stereocenters. The van der Waals surface area contributed by atoms with Gasteiger partial charge in [0, 0.05) is 6.07 Å². The van der Waals surface area contributed by atoms with Crippen molar-refractivity contribution in [1.29, 1.82) is 0 Å². The third kappa shape index (κ3) is 3.39. The molecule has 0 aliphatic carbocycles. The van der Waals surface area contributed by atoms with E-state index >= 15 is 0 Å². The molecule has 0 saturated carbocycles. The number of carbonyl (C=O) groups is 1. The maximum absolute atomic E-state index is 14.7. The van der Waals surface area contributed by atoms with Crippen LogP contribution in [0.3, 0.4) is 0 Å². The van der Waals surface area contributed by atoms with Gasteiger partial charge in [0.15, 0.2) is 0 Å². The Hall–Kier alpha value is -3.50. The van der Waals surface area contributed by atoms with E-state index < -0.39 is 52.9 Å². The number of nitrogens with zero attached hydrogens (tertiary/aromatic N) is 3. The lowest BCUT2D eigenvalue weighted by Gasteiger charge is -2.22. The van der Waals surface area contributed by atoms with Crippen LogP contribution in [0.2, 0.25) is 0 Å². The van der Waals surface area contributed by atoms with E-state index in [1.54, 1.807) is 30.3 Å². The summed E-state index contributed by atoms with van der Waals surface area (Å²) < 4.78 is 76.1. The number of anilines is 1. The largest absolute Gasteiger partial charge is 0.471 e. The lowest BCUT2D eigenvalue weighted by molar-refractivity contribution is -0.159. The zero-order valence-corrected chi connectivity index (χ0v) is 14.3. The average molecular weight is 411 g/mol. The number of aromatic nitrogens is 2. The van der Waals surface area contributed by atoms with Crippen molar-refractivity contribution in [2.24, 2.45) is 0 Å². The topological polar surface area (TPSA) is 68.5 Å². The maximum atomic E-state index is 14.7. The summed E-state index contributed by atoms with van der Waals surface area (Å²) >= 11 is 0. The van der Waals surface area contributed by atoms with E-state index in [0.29, 0.717) is 17.7 Å². The van der Waals surface area contributed by atoms with Crippen molar-refractivity contribution in [2.75, 3.05) is 11.5 Å². The summed E-state index contributed by atoms with van der Waals surface area (Å²) in [5.74, 6) is -4.67. The fourth-order valence-corrected chi connectivity index (χ4v) is 2.95. The van der Waals surface area contributed by atoms with E-state index in [1.807, 2.05) is 0 Å². The number of benzene rings is 2. The molecule has 150 valence electrons. The quantitative estimate of drug-likeness (QED) is 0.583. The van der Waals surface area contributed by atoms with Gasteiger partial charge in [-0.2, -0.15) is 18.2 Å². The molecule has 1 aliphatic heterocycles. The predicted molar refractivity (Wildman–Crippen MR) is 87.7 cm³/mol. The van der Waals surface area contributed by atoms with Crippen molar-refractivity contribution in [3.8, 4) is 11.4 Å². The minimum Gasteiger partial charge on any atom is -0.447 e. The molecular formula is C18H10F5N3O3. The van der Waals surface area contributed by atoms with Gasteiger partial charge in [0.1, 0.15) is 18.2 Å². The molecule has 2 aromatic carbocycles. The SMILES string of the molecule is O=C1OCC(c2ccccc2)N1c1cc(F)c(-c2noc(C(F)(F)F)n2)cc1F. The molecule has 1 saturated heterocycles. The summed E-state index contributed by atoms with van der Waals surface area (Å²) in [6.45, 7) is -0.0779. The molecule has 0 radical (unpaired) electrons. The van der Waals surface area contributed by atoms with Gasteiger partial charge in [-0.3, -0.25) is 4.90 Å². The minimum atomic E-state index is -4.93. The Morgan fingerprint density at radius 3 is 2.45 bits per heavy atom. The van der Waals surface area contributed by atoms with Crippen LogP contribution in [-0.4, -0.2) is 22.8 Å². The van der Waals surface area contributed by atoms with Crippen molar-refractivity contribution in [3.05, 3.63) is 65.6 Å². The van der Waals surface area contributed by atoms with Gasteiger partial charge < -0.3 is 9.26 Å². The summed E-state index contributed by atoms with van der Waals surface area (Å²) in [5.41, 5.74) is -0.438. The van der Waals surface area contributed by atoms with Crippen LogP contribution in [0.15, 0.2) is 47.0 Å². The van der Waals surface area contributed by atoms with Crippen molar-refractivity contribution < 1.29 is 36.0 Å². The number of rotatable bonds is 3. The molecule has 1 aromatic heterocycles. The first kappa shape index (κ1) is 18.8. The minimum absolute atomic E-state index is 0.0779. The third-order valence-corrected chi connectivity index (χ3v) is 4.26. The predicted octanol–water partition coefficient (Wildman–Crippen LogP) is 4.73. The Kier molecular flexibility index (Phi) is 4.44. The molecule has 0 N–H and O–H groups in total. The Balaban J connectivity index is 1.73. The van der Waals surface area contributed by atoms with E-state index in [1.165, 1.54) is 0 Å². The number of carbonyl (C=O) groups excluding carboxylic acids is 1. The second kappa shape index (κ2) is 6.83. The van der Waals surface area contributed by atoms with Gasteiger partial charge in [0.25, 0.3) is 0 Å². The smallest absolute Gasteiger partial charge is 0.447 e. The molecule has 4 rings (SSSR count). The van der Waals surface area contributed by atoms with E-state index in [4.69, 9.17) is 4.74 Å². The van der Waals surface area contributed by atoms with Gasteiger partial charge in [-0.1, -0.05) is 35.5 Å². The van der Waals surface area contributed by atoms with Crippen molar-refractivity contribution in [2.45, 2.75) is 12.2 Å². The summed E-state index contributed by atoms with van der Waals surface area (Å²) in [6.07, 6.45) is -5.81. The van der Waals surface area contributed by atoms with Gasteiger partial charge in [-0.15, -0.1) is 0 Å². The Morgan fingerprint density at radius 2 is 1.79 bits per heavy atom. The maximum Gasteiger partial charge on any atom is 0.471 e. The molecule has 11 heteroatoms. The monoisotopic (exact) mass is 411 g/mol. The lowest BCUT2D eigenvalue weighted by atomic mass is 10.1. The second-order valence-electron chi connectivity index (χ2n) is 6.08. The lowest BCUT2D eigenvalue weighted by Crippen LogP contribution is -2.28. The molecule has 2 heterocycles. The van der Waals surface area contributed by atoms with E-state index in [2.05, 4.69) is 14.7 Å². The molecule has 1 fully saturated rings. The Morgan fingerprint density at radius 1 is 1.07 bits per heavy atom. The summed E-state index contributed by atoms with van der Waals surface area (Å²) in [6, 6.07) is 9.14. The molecular weight excluding hydrogens is 401 g/mol. The van der Waals surface area contributed by atoms with Crippen molar-refractivity contribution in [3.63, 3.8) is 0 Å². The molecule has 0 spiro atoms. The molecule has 3 aromatic rings. The van der Waals surface area contributed by atoms with Gasteiger partial charge in [0.05, 0.1) is 17.3 Å². The van der Waals surface area contributed by atoms with Crippen LogP contribution in [0.4, 0.5) is 32.4 Å². The van der Waals surface area contributed by atoms with Crippen LogP contribution in [0.5, 0.6) is 0 Å². The van der Waals surface area contributed by atoms with E-state index in [0.717, 1.165) is 4.90 Å². The zero-order chi connectivity index (χ0) is 20.8. The van der Waals surface area contributed by atoms with Gasteiger partial charge in [-0.25, -0.2) is 13.6 Å². The molecule has 6 nitrogen and oxygen atoms in total. The normalized spacial score (nSPS) is 16.9. The molecule has 1 unspecified atom stereocenters. The first-order chi connectivity index (χ1) is 13.8. The highest BCUT2D eigenvalue weighted by molar-refractivity contribution is 5.91. The van der Waals surface area contributed by atoms with Gasteiger partial charge >= 0.3 is 18.2 Å². The average Bonchev–Trinajstić information content (AvgIpc) is 3.31. The van der Waals surface area contributed by atoms with Crippen LogP contribution in [-0.2, 0) is 10.9 Å². The number of ether oxygens (including phenoxy) is 1. The summed E-state index contributed by atoms with van der Waals surface area (Å²) in [7, 11) is 0. The number of cyclic esters (lactones) is 1.